The molecule has 1 aliphatic heterocycles. The fraction of sp³-hybridized carbons (Fsp3) is 0.500. The van der Waals surface area contributed by atoms with Crippen LogP contribution >= 0.6 is 11.3 Å². The van der Waals surface area contributed by atoms with Crippen LogP contribution in [-0.2, 0) is 11.8 Å². The third kappa shape index (κ3) is 3.93. The second-order valence-corrected chi connectivity index (χ2v) is 8.64. The molecule has 25 heavy (non-hydrogen) atoms. The Morgan fingerprint density at radius 2 is 2.04 bits per heavy atom. The van der Waals surface area contributed by atoms with Crippen LogP contribution in [0.2, 0.25) is 0 Å². The Morgan fingerprint density at radius 3 is 2.68 bits per heavy atom. The Morgan fingerprint density at radius 1 is 1.32 bits per heavy atom. The van der Waals surface area contributed by atoms with E-state index in [1.165, 1.54) is 22.5 Å². The number of rotatable bonds is 4. The largest absolute Gasteiger partial charge is 0.330 e. The van der Waals surface area contributed by atoms with E-state index in [2.05, 4.69) is 50.0 Å². The first-order chi connectivity index (χ1) is 11.9. The number of hydrogen-bond donors (Lipinski definition) is 1. The van der Waals surface area contributed by atoms with Gasteiger partial charge in [0.05, 0.1) is 11.0 Å². The zero-order valence-corrected chi connectivity index (χ0v) is 16.1. The highest BCUT2D eigenvalue weighted by Crippen LogP contribution is 2.34. The van der Waals surface area contributed by atoms with Gasteiger partial charge in [-0.25, -0.2) is 4.98 Å². The summed E-state index contributed by atoms with van der Waals surface area (Å²) >= 11 is 1.52. The van der Waals surface area contributed by atoms with Gasteiger partial charge in [0, 0.05) is 18.3 Å². The molecule has 1 atom stereocenters. The number of amides is 1. The molecule has 1 fully saturated rings. The van der Waals surface area contributed by atoms with E-state index in [1.54, 1.807) is 0 Å². The molecule has 2 N–H and O–H groups in total. The standard InChI is InChI=1S/C20H27N3OS/c1-20(2,3)15-8-6-14(7-9-15)17-5-4-12-23(17)19(24)16-13-25-18(22-16)10-11-21/h6-9,13,17H,4-5,10-12,21H2,1-3H3. The number of carbonyl (C=O) groups excluding carboxylic acids is 1. The van der Waals surface area contributed by atoms with Gasteiger partial charge in [0.25, 0.3) is 5.91 Å². The monoisotopic (exact) mass is 357 g/mol. The van der Waals surface area contributed by atoms with Crippen molar-refractivity contribution in [3.63, 3.8) is 0 Å². The zero-order valence-electron chi connectivity index (χ0n) is 15.3. The molecule has 0 aliphatic carbocycles. The highest BCUT2D eigenvalue weighted by atomic mass is 32.1. The number of likely N-dealkylation sites (tertiary alicyclic amines) is 1. The van der Waals surface area contributed by atoms with Gasteiger partial charge in [-0.05, 0) is 35.9 Å². The van der Waals surface area contributed by atoms with Crippen molar-refractivity contribution in [2.24, 2.45) is 5.73 Å². The minimum atomic E-state index is 0.0434. The van der Waals surface area contributed by atoms with E-state index in [9.17, 15) is 4.79 Å². The van der Waals surface area contributed by atoms with Crippen LogP contribution in [0.15, 0.2) is 29.6 Å². The number of nitrogens with two attached hydrogens (primary N) is 1. The van der Waals surface area contributed by atoms with E-state index in [1.807, 2.05) is 10.3 Å². The molecule has 1 aromatic heterocycles. The molecule has 1 amide bonds. The van der Waals surface area contributed by atoms with Crippen LogP contribution in [0.5, 0.6) is 0 Å². The fourth-order valence-electron chi connectivity index (χ4n) is 3.36. The minimum Gasteiger partial charge on any atom is -0.330 e. The number of hydrogen-bond acceptors (Lipinski definition) is 4. The molecule has 4 nitrogen and oxygen atoms in total. The van der Waals surface area contributed by atoms with Gasteiger partial charge in [-0.1, -0.05) is 45.0 Å². The summed E-state index contributed by atoms with van der Waals surface area (Å²) in [6, 6.07) is 8.90. The van der Waals surface area contributed by atoms with E-state index >= 15 is 0 Å². The average Bonchev–Trinajstić information content (AvgIpc) is 3.23. The van der Waals surface area contributed by atoms with Gasteiger partial charge in [0.1, 0.15) is 5.69 Å². The third-order valence-electron chi connectivity index (χ3n) is 4.80. The van der Waals surface area contributed by atoms with Crippen molar-refractivity contribution >= 4 is 17.2 Å². The van der Waals surface area contributed by atoms with Crippen LogP contribution in [-0.4, -0.2) is 28.9 Å². The number of thiazole rings is 1. The number of nitrogens with zero attached hydrogens (tertiary/aromatic N) is 2. The first kappa shape index (κ1) is 18.1. The molecular weight excluding hydrogens is 330 g/mol. The van der Waals surface area contributed by atoms with Crippen LogP contribution in [0.3, 0.4) is 0 Å². The topological polar surface area (TPSA) is 59.2 Å². The van der Waals surface area contributed by atoms with Crippen LogP contribution < -0.4 is 5.73 Å². The van der Waals surface area contributed by atoms with Gasteiger partial charge in [0.15, 0.2) is 0 Å². The van der Waals surface area contributed by atoms with Crippen molar-refractivity contribution in [1.29, 1.82) is 0 Å². The maximum atomic E-state index is 12.9. The lowest BCUT2D eigenvalue weighted by Crippen LogP contribution is -2.30. The highest BCUT2D eigenvalue weighted by molar-refractivity contribution is 7.09. The maximum absolute atomic E-state index is 12.9. The van der Waals surface area contributed by atoms with Crippen molar-refractivity contribution in [2.75, 3.05) is 13.1 Å². The molecule has 5 heteroatoms. The van der Waals surface area contributed by atoms with Gasteiger partial charge in [-0.3, -0.25) is 4.79 Å². The van der Waals surface area contributed by atoms with E-state index in [-0.39, 0.29) is 17.4 Å². The van der Waals surface area contributed by atoms with E-state index in [0.717, 1.165) is 30.8 Å². The Hall–Kier alpha value is -1.72. The maximum Gasteiger partial charge on any atom is 0.273 e. The summed E-state index contributed by atoms with van der Waals surface area (Å²) in [7, 11) is 0. The first-order valence-electron chi connectivity index (χ1n) is 8.96. The highest BCUT2D eigenvalue weighted by Gasteiger charge is 2.31. The van der Waals surface area contributed by atoms with Crippen LogP contribution in [0.25, 0.3) is 0 Å². The van der Waals surface area contributed by atoms with E-state index < -0.39 is 0 Å². The van der Waals surface area contributed by atoms with Crippen molar-refractivity contribution in [1.82, 2.24) is 9.88 Å². The Kier molecular flexibility index (Phi) is 5.25. The lowest BCUT2D eigenvalue weighted by atomic mass is 9.86. The SMILES string of the molecule is CC(C)(C)c1ccc(C2CCCN2C(=O)c2csc(CCN)n2)cc1. The number of aromatic nitrogens is 1. The van der Waals surface area contributed by atoms with Crippen molar-refractivity contribution in [3.05, 3.63) is 51.5 Å². The predicted octanol–water partition coefficient (Wildman–Crippen LogP) is 3.92. The van der Waals surface area contributed by atoms with Crippen molar-refractivity contribution in [2.45, 2.75) is 51.5 Å². The van der Waals surface area contributed by atoms with Gasteiger partial charge in [0.2, 0.25) is 0 Å². The van der Waals surface area contributed by atoms with Gasteiger partial charge >= 0.3 is 0 Å². The second-order valence-electron chi connectivity index (χ2n) is 7.69. The molecule has 1 aromatic carbocycles. The van der Waals surface area contributed by atoms with Gasteiger partial charge in [-0.2, -0.15) is 0 Å². The number of benzene rings is 1. The second kappa shape index (κ2) is 7.26. The van der Waals surface area contributed by atoms with Crippen molar-refractivity contribution < 1.29 is 4.79 Å². The van der Waals surface area contributed by atoms with Gasteiger partial charge < -0.3 is 10.6 Å². The fourth-order valence-corrected chi connectivity index (χ4v) is 4.14. The lowest BCUT2D eigenvalue weighted by Gasteiger charge is -2.25. The van der Waals surface area contributed by atoms with Crippen LogP contribution in [0, 0.1) is 0 Å². The number of carbonyl (C=O) groups is 1. The molecule has 2 heterocycles. The molecule has 0 saturated carbocycles. The molecule has 0 bridgehead atoms. The van der Waals surface area contributed by atoms with Gasteiger partial charge in [-0.15, -0.1) is 11.3 Å². The van der Waals surface area contributed by atoms with Crippen LogP contribution in [0.1, 0.15) is 66.3 Å². The van der Waals surface area contributed by atoms with Crippen molar-refractivity contribution in [3.8, 4) is 0 Å². The Labute approximate surface area is 154 Å². The normalized spacial score (nSPS) is 17.9. The molecule has 1 aliphatic rings. The summed E-state index contributed by atoms with van der Waals surface area (Å²) in [6.45, 7) is 8.01. The predicted molar refractivity (Wildman–Crippen MR) is 103 cm³/mol. The summed E-state index contributed by atoms with van der Waals surface area (Å²) in [5.41, 5.74) is 8.82. The summed E-state index contributed by atoms with van der Waals surface area (Å²) in [6.07, 6.45) is 2.78. The smallest absolute Gasteiger partial charge is 0.273 e. The summed E-state index contributed by atoms with van der Waals surface area (Å²) in [4.78, 5) is 19.4. The lowest BCUT2D eigenvalue weighted by molar-refractivity contribution is 0.0730. The molecule has 2 aromatic rings. The summed E-state index contributed by atoms with van der Waals surface area (Å²) in [5.74, 6) is 0.0434. The zero-order chi connectivity index (χ0) is 18.0. The Bertz CT molecular complexity index is 730. The molecular formula is C20H27N3OS. The first-order valence-corrected chi connectivity index (χ1v) is 9.84. The third-order valence-corrected chi connectivity index (χ3v) is 5.71. The molecule has 3 rings (SSSR count). The Balaban J connectivity index is 1.78. The quantitative estimate of drug-likeness (QED) is 0.902. The summed E-state index contributed by atoms with van der Waals surface area (Å²) in [5, 5.41) is 2.81. The minimum absolute atomic E-state index is 0.0434. The molecule has 134 valence electrons. The van der Waals surface area contributed by atoms with E-state index in [4.69, 9.17) is 5.73 Å². The summed E-state index contributed by atoms with van der Waals surface area (Å²) < 4.78 is 0. The van der Waals surface area contributed by atoms with Crippen LogP contribution in [0.4, 0.5) is 0 Å². The molecule has 0 radical (unpaired) electrons. The van der Waals surface area contributed by atoms with E-state index in [0.29, 0.717) is 12.2 Å². The average molecular weight is 358 g/mol. The molecule has 1 saturated heterocycles. The molecule has 1 unspecified atom stereocenters. The molecule has 0 spiro atoms.